The van der Waals surface area contributed by atoms with Crippen molar-refractivity contribution in [2.24, 2.45) is 0 Å². The number of hydrogen-bond donors (Lipinski definition) is 0. The van der Waals surface area contributed by atoms with Crippen molar-refractivity contribution in [3.8, 4) is 0 Å². The Morgan fingerprint density at radius 1 is 0.615 bits per heavy atom. The molecule has 0 aromatic rings. The standard InChI is InChI=1S/Cu.2H2O4S.2Rb/c;2*1-5(2,3)4;;/h;2*(H2,1,2,3,4);;/q+2;;;2*+1/p-4. The van der Waals surface area contributed by atoms with E-state index in [0.717, 1.165) is 0 Å². The van der Waals surface area contributed by atoms with Gasteiger partial charge in [-0.05, 0) is 0 Å². The average molecular weight is 427 g/mol. The first-order valence-corrected chi connectivity index (χ1v) is 4.00. The smallest absolute Gasteiger partial charge is 0.759 e. The molecule has 13 heteroatoms. The molecular weight excluding hydrogens is 427 g/mol. The van der Waals surface area contributed by atoms with Crippen LogP contribution in [-0.4, -0.2) is 35.0 Å². The zero-order chi connectivity index (χ0) is 9.00. The summed E-state index contributed by atoms with van der Waals surface area (Å²) in [5.74, 6) is 0. The summed E-state index contributed by atoms with van der Waals surface area (Å²) >= 11 is 0. The van der Waals surface area contributed by atoms with Crippen molar-refractivity contribution in [2.45, 2.75) is 0 Å². The molecule has 0 aromatic heterocycles. The van der Waals surface area contributed by atoms with Crippen LogP contribution in [0, 0.1) is 0 Å². The van der Waals surface area contributed by atoms with Crippen LogP contribution in [0.1, 0.15) is 0 Å². The van der Waals surface area contributed by atoms with Crippen LogP contribution in [0.4, 0.5) is 0 Å². The van der Waals surface area contributed by atoms with Gasteiger partial charge >= 0.3 is 133 Å². The fourth-order valence-electron chi connectivity index (χ4n) is 0. The topological polar surface area (TPSA) is 161 Å². The van der Waals surface area contributed by atoms with Crippen LogP contribution in [0.15, 0.2) is 0 Å². The molecule has 0 aliphatic heterocycles. The van der Waals surface area contributed by atoms with Crippen molar-refractivity contribution >= 4 is 20.8 Å². The predicted octanol–water partition coefficient (Wildman–Crippen LogP) is -8.67. The summed E-state index contributed by atoms with van der Waals surface area (Å²) in [6.07, 6.45) is 0. The summed E-state index contributed by atoms with van der Waals surface area (Å²) in [6, 6.07) is 0. The van der Waals surface area contributed by atoms with Gasteiger partial charge in [-0.3, -0.25) is 16.8 Å². The monoisotopic (exact) mass is 425 g/mol. The van der Waals surface area contributed by atoms with E-state index in [-0.39, 0.29) is 133 Å². The second-order valence-electron chi connectivity index (χ2n) is 0.816. The van der Waals surface area contributed by atoms with Gasteiger partial charge in [0.2, 0.25) is 0 Å². The Morgan fingerprint density at radius 3 is 0.615 bits per heavy atom. The van der Waals surface area contributed by atoms with Gasteiger partial charge < -0.3 is 18.2 Å². The molecule has 73 valence electrons. The maximum absolute atomic E-state index is 8.52. The van der Waals surface area contributed by atoms with Crippen LogP contribution in [-0.2, 0) is 37.9 Å². The normalized spacial score (nSPS) is 8.92. The molecule has 0 saturated heterocycles. The number of hydrogen-bond acceptors (Lipinski definition) is 8. The Hall–Kier alpha value is 3.87. The maximum atomic E-state index is 8.52. The van der Waals surface area contributed by atoms with E-state index in [0.29, 0.717) is 0 Å². The second-order valence-corrected chi connectivity index (χ2v) is 2.45. The van der Waals surface area contributed by atoms with Gasteiger partial charge in [0.25, 0.3) is 0 Å². The first-order chi connectivity index (χ1) is 4.00. The van der Waals surface area contributed by atoms with E-state index in [1.54, 1.807) is 0 Å². The molecular formula is CuO8Rb2S2. The van der Waals surface area contributed by atoms with Crippen LogP contribution in [0.3, 0.4) is 0 Å². The SMILES string of the molecule is O=S(=O)([O-])[O-].O=S(=O)([O-])[O-].[Cu+2].[Rb+].[Rb+]. The third kappa shape index (κ3) is 204. The van der Waals surface area contributed by atoms with Crippen molar-refractivity contribution in [2.75, 3.05) is 0 Å². The van der Waals surface area contributed by atoms with Crippen LogP contribution < -0.4 is 116 Å². The minimum Gasteiger partial charge on any atom is -0.759 e. The molecule has 0 N–H and O–H groups in total. The molecule has 13 heavy (non-hydrogen) atoms. The summed E-state index contributed by atoms with van der Waals surface area (Å²) in [4.78, 5) is 0. The van der Waals surface area contributed by atoms with Crippen LogP contribution in [0.5, 0.6) is 0 Å². The molecule has 0 bridgehead atoms. The third-order valence-electron chi connectivity index (χ3n) is 0. The Labute approximate surface area is 184 Å². The second kappa shape index (κ2) is 13.9. The van der Waals surface area contributed by atoms with Gasteiger partial charge in [-0.1, -0.05) is 0 Å². The quantitative estimate of drug-likeness (QED) is 0.210. The van der Waals surface area contributed by atoms with Crippen LogP contribution in [0.25, 0.3) is 0 Å². The van der Waals surface area contributed by atoms with E-state index in [9.17, 15) is 0 Å². The molecule has 0 aromatic carbocycles. The van der Waals surface area contributed by atoms with E-state index in [1.807, 2.05) is 0 Å². The minimum absolute atomic E-state index is 0. The fourth-order valence-corrected chi connectivity index (χ4v) is 0. The summed E-state index contributed by atoms with van der Waals surface area (Å²) in [6.45, 7) is 0. The maximum Gasteiger partial charge on any atom is 2.00 e. The van der Waals surface area contributed by atoms with E-state index >= 15 is 0 Å². The van der Waals surface area contributed by atoms with Gasteiger partial charge in [-0.2, -0.15) is 0 Å². The zero-order valence-corrected chi connectivity index (χ0v) is 18.8. The molecule has 0 aliphatic rings. The zero-order valence-electron chi connectivity index (χ0n) is 6.38. The van der Waals surface area contributed by atoms with Crippen molar-refractivity contribution < 1.29 is 168 Å². The van der Waals surface area contributed by atoms with Gasteiger partial charge in [0, 0.05) is 20.8 Å². The molecule has 0 heterocycles. The van der Waals surface area contributed by atoms with Gasteiger partial charge in [0.15, 0.2) is 0 Å². The molecule has 8 nitrogen and oxygen atoms in total. The molecule has 0 amide bonds. The molecule has 1 radical (unpaired) electrons. The Morgan fingerprint density at radius 2 is 0.615 bits per heavy atom. The molecule has 0 rings (SSSR count). The minimum atomic E-state index is -5.17. The summed E-state index contributed by atoms with van der Waals surface area (Å²) < 4.78 is 68.2. The third-order valence-corrected chi connectivity index (χ3v) is 0. The Balaban J connectivity index is -0.0000000267. The van der Waals surface area contributed by atoms with Crippen molar-refractivity contribution in [1.82, 2.24) is 0 Å². The van der Waals surface area contributed by atoms with Gasteiger partial charge in [0.05, 0.1) is 0 Å². The average Bonchev–Trinajstić information content (AvgIpc) is 1.12. The molecule has 0 spiro atoms. The van der Waals surface area contributed by atoms with Gasteiger partial charge in [-0.15, -0.1) is 0 Å². The summed E-state index contributed by atoms with van der Waals surface area (Å²) in [5, 5.41) is 0. The van der Waals surface area contributed by atoms with Gasteiger partial charge in [-0.25, -0.2) is 0 Å². The molecule has 0 saturated carbocycles. The molecule has 0 aliphatic carbocycles. The van der Waals surface area contributed by atoms with Crippen LogP contribution >= 0.6 is 0 Å². The molecule has 0 unspecified atom stereocenters. The largest absolute Gasteiger partial charge is 2.00 e. The first-order valence-electron chi connectivity index (χ1n) is 1.33. The van der Waals surface area contributed by atoms with Crippen molar-refractivity contribution in [3.05, 3.63) is 0 Å². The first kappa shape index (κ1) is 30.2. The molecule has 0 fully saturated rings. The summed E-state index contributed by atoms with van der Waals surface area (Å²) in [5.41, 5.74) is 0. The number of rotatable bonds is 0. The van der Waals surface area contributed by atoms with Crippen molar-refractivity contribution in [1.29, 1.82) is 0 Å². The Kier molecular flexibility index (Phi) is 32.3. The fraction of sp³-hybridized carbons (Fsp3) is 0. The molecule has 0 atom stereocenters. The van der Waals surface area contributed by atoms with E-state index < -0.39 is 20.8 Å². The van der Waals surface area contributed by atoms with Crippen LogP contribution in [0.2, 0.25) is 0 Å². The van der Waals surface area contributed by atoms with E-state index in [1.165, 1.54) is 0 Å². The predicted molar refractivity (Wildman–Crippen MR) is 20.9 cm³/mol. The Bertz CT molecular complexity index is 217. The van der Waals surface area contributed by atoms with E-state index in [4.69, 9.17) is 35.0 Å². The van der Waals surface area contributed by atoms with Gasteiger partial charge in [0.1, 0.15) is 0 Å². The van der Waals surface area contributed by atoms with Crippen molar-refractivity contribution in [3.63, 3.8) is 0 Å². The van der Waals surface area contributed by atoms with E-state index in [2.05, 4.69) is 0 Å². The summed E-state index contributed by atoms with van der Waals surface area (Å²) in [7, 11) is -10.3.